The minimum Gasteiger partial charge on any atom is -0.495 e. The van der Waals surface area contributed by atoms with Crippen molar-refractivity contribution in [3.05, 3.63) is 23.8 Å². The number of anilines is 1. The normalized spacial score (nSPS) is 16.3. The number of likely N-dealkylation sites (tertiary alicyclic amines) is 1. The molecule has 1 saturated heterocycles. The van der Waals surface area contributed by atoms with Crippen LogP contribution in [0.3, 0.4) is 0 Å². The molecule has 0 spiro atoms. The minimum atomic E-state index is 0.00898. The molecule has 1 amide bonds. The Hall–Kier alpha value is -1.75. The summed E-state index contributed by atoms with van der Waals surface area (Å²) in [6.45, 7) is 2.69. The third kappa shape index (κ3) is 3.67. The summed E-state index contributed by atoms with van der Waals surface area (Å²) in [6, 6.07) is 5.35. The molecule has 2 N–H and O–H groups in total. The Morgan fingerprint density at radius 2 is 2.05 bits per heavy atom. The van der Waals surface area contributed by atoms with Gasteiger partial charge in [0.25, 0.3) is 5.91 Å². The topological polar surface area (TPSA) is 58.8 Å². The summed E-state index contributed by atoms with van der Waals surface area (Å²) in [7, 11) is 5.75. The van der Waals surface area contributed by atoms with Crippen LogP contribution in [0.4, 0.5) is 5.69 Å². The predicted octanol–water partition coefficient (Wildman–Crippen LogP) is 1.69. The standard InChI is InChI=1S/C16H25N3O2/c1-18(2)11-12-7-9-19(10-8-12)16(20)13-5-4-6-14(21-3)15(13)17/h4-6,12H,7-11,17H2,1-3H3. The van der Waals surface area contributed by atoms with E-state index in [0.717, 1.165) is 32.5 Å². The van der Waals surface area contributed by atoms with Crippen molar-refractivity contribution >= 4 is 11.6 Å². The number of hydrogen-bond donors (Lipinski definition) is 1. The second kappa shape index (κ2) is 6.80. The fourth-order valence-corrected chi connectivity index (χ4v) is 2.91. The van der Waals surface area contributed by atoms with Gasteiger partial charge in [0.2, 0.25) is 0 Å². The number of nitrogens with two attached hydrogens (primary N) is 1. The molecule has 5 nitrogen and oxygen atoms in total. The number of rotatable bonds is 4. The van der Waals surface area contributed by atoms with Gasteiger partial charge in [-0.25, -0.2) is 0 Å². The molecule has 0 aliphatic carbocycles. The number of carbonyl (C=O) groups excluding carboxylic acids is 1. The van der Waals surface area contributed by atoms with E-state index >= 15 is 0 Å². The lowest BCUT2D eigenvalue weighted by atomic mass is 9.96. The third-order valence-corrected chi connectivity index (χ3v) is 4.04. The Labute approximate surface area is 126 Å². The van der Waals surface area contributed by atoms with Crippen molar-refractivity contribution in [1.29, 1.82) is 0 Å². The fourth-order valence-electron chi connectivity index (χ4n) is 2.91. The van der Waals surface area contributed by atoms with Crippen LogP contribution in [0.15, 0.2) is 18.2 Å². The molecule has 1 aromatic carbocycles. The Kier molecular flexibility index (Phi) is 5.07. The molecule has 2 rings (SSSR count). The highest BCUT2D eigenvalue weighted by atomic mass is 16.5. The zero-order chi connectivity index (χ0) is 15.4. The van der Waals surface area contributed by atoms with Crippen molar-refractivity contribution in [2.45, 2.75) is 12.8 Å². The number of benzene rings is 1. The summed E-state index contributed by atoms with van der Waals surface area (Å²) in [4.78, 5) is 16.7. The summed E-state index contributed by atoms with van der Waals surface area (Å²) in [5, 5.41) is 0. The van der Waals surface area contributed by atoms with Crippen LogP contribution in [0.25, 0.3) is 0 Å². The van der Waals surface area contributed by atoms with Gasteiger partial charge >= 0.3 is 0 Å². The first-order chi connectivity index (χ1) is 10.0. The van der Waals surface area contributed by atoms with Gasteiger partial charge < -0.3 is 20.3 Å². The van der Waals surface area contributed by atoms with Gasteiger partial charge in [-0.1, -0.05) is 6.07 Å². The smallest absolute Gasteiger partial charge is 0.256 e. The van der Waals surface area contributed by atoms with Gasteiger partial charge in [-0.05, 0) is 45.0 Å². The van der Waals surface area contributed by atoms with Crippen LogP contribution in [-0.4, -0.2) is 56.5 Å². The molecule has 0 atom stereocenters. The number of ether oxygens (including phenoxy) is 1. The molecule has 1 aromatic rings. The maximum atomic E-state index is 12.6. The molecule has 116 valence electrons. The summed E-state index contributed by atoms with van der Waals surface area (Å²) < 4.78 is 5.18. The second-order valence-electron chi connectivity index (χ2n) is 5.92. The number of carbonyl (C=O) groups is 1. The number of para-hydroxylation sites is 1. The Morgan fingerprint density at radius 3 is 2.62 bits per heavy atom. The molecular formula is C16H25N3O2. The summed E-state index contributed by atoms with van der Waals surface area (Å²) in [5.41, 5.74) is 6.99. The van der Waals surface area contributed by atoms with Crippen molar-refractivity contribution in [1.82, 2.24) is 9.80 Å². The molecule has 0 bridgehead atoms. The van der Waals surface area contributed by atoms with E-state index in [2.05, 4.69) is 19.0 Å². The first kappa shape index (κ1) is 15.6. The molecule has 5 heteroatoms. The Morgan fingerprint density at radius 1 is 1.38 bits per heavy atom. The number of hydrogen-bond acceptors (Lipinski definition) is 4. The molecule has 1 fully saturated rings. The van der Waals surface area contributed by atoms with Gasteiger partial charge in [0.15, 0.2) is 0 Å². The van der Waals surface area contributed by atoms with Gasteiger partial charge in [-0.2, -0.15) is 0 Å². The maximum absolute atomic E-state index is 12.6. The molecular weight excluding hydrogens is 266 g/mol. The molecule has 0 aromatic heterocycles. The van der Waals surface area contributed by atoms with Crippen LogP contribution in [0.5, 0.6) is 5.75 Å². The monoisotopic (exact) mass is 291 g/mol. The SMILES string of the molecule is COc1cccc(C(=O)N2CCC(CN(C)C)CC2)c1N. The molecule has 21 heavy (non-hydrogen) atoms. The summed E-state index contributed by atoms with van der Waals surface area (Å²) in [5.74, 6) is 1.24. The number of nitrogens with zero attached hydrogens (tertiary/aromatic N) is 2. The lowest BCUT2D eigenvalue weighted by molar-refractivity contribution is 0.0679. The highest BCUT2D eigenvalue weighted by Gasteiger charge is 2.25. The highest BCUT2D eigenvalue weighted by molar-refractivity contribution is 6.00. The lowest BCUT2D eigenvalue weighted by Gasteiger charge is -2.33. The molecule has 0 saturated carbocycles. The Balaban J connectivity index is 2.02. The van der Waals surface area contributed by atoms with Gasteiger partial charge in [0.1, 0.15) is 5.75 Å². The fraction of sp³-hybridized carbons (Fsp3) is 0.562. The van der Waals surface area contributed by atoms with Crippen molar-refractivity contribution in [3.8, 4) is 5.75 Å². The highest BCUT2D eigenvalue weighted by Crippen LogP contribution is 2.27. The zero-order valence-electron chi connectivity index (χ0n) is 13.1. The maximum Gasteiger partial charge on any atom is 0.256 e. The predicted molar refractivity (Wildman–Crippen MR) is 84.6 cm³/mol. The van der Waals surface area contributed by atoms with E-state index in [0.29, 0.717) is 22.9 Å². The Bertz CT molecular complexity index is 494. The number of nitrogen functional groups attached to an aromatic ring is 1. The van der Waals surface area contributed by atoms with Crippen molar-refractivity contribution in [2.24, 2.45) is 5.92 Å². The summed E-state index contributed by atoms with van der Waals surface area (Å²) in [6.07, 6.45) is 2.10. The van der Waals surface area contributed by atoms with Gasteiger partial charge in [0, 0.05) is 19.6 Å². The van der Waals surface area contributed by atoms with Gasteiger partial charge in [0.05, 0.1) is 18.4 Å². The van der Waals surface area contributed by atoms with Gasteiger partial charge in [-0.3, -0.25) is 4.79 Å². The molecule has 0 unspecified atom stereocenters. The van der Waals surface area contributed by atoms with Crippen LogP contribution in [-0.2, 0) is 0 Å². The largest absolute Gasteiger partial charge is 0.495 e. The molecule has 1 heterocycles. The quantitative estimate of drug-likeness (QED) is 0.858. The van der Waals surface area contributed by atoms with E-state index < -0.39 is 0 Å². The number of piperidine rings is 1. The van der Waals surface area contributed by atoms with Crippen LogP contribution in [0.1, 0.15) is 23.2 Å². The van der Waals surface area contributed by atoms with Crippen LogP contribution < -0.4 is 10.5 Å². The molecule has 1 aliphatic heterocycles. The van der Waals surface area contributed by atoms with E-state index in [-0.39, 0.29) is 5.91 Å². The average Bonchev–Trinajstić information content (AvgIpc) is 2.47. The average molecular weight is 291 g/mol. The lowest BCUT2D eigenvalue weighted by Crippen LogP contribution is -2.40. The van der Waals surface area contributed by atoms with Crippen molar-refractivity contribution in [2.75, 3.05) is 46.6 Å². The van der Waals surface area contributed by atoms with E-state index in [1.807, 2.05) is 4.90 Å². The van der Waals surface area contributed by atoms with Crippen molar-refractivity contribution in [3.63, 3.8) is 0 Å². The minimum absolute atomic E-state index is 0.00898. The van der Waals surface area contributed by atoms with Crippen LogP contribution in [0.2, 0.25) is 0 Å². The van der Waals surface area contributed by atoms with Crippen molar-refractivity contribution < 1.29 is 9.53 Å². The van der Waals surface area contributed by atoms with Crippen LogP contribution in [0, 0.1) is 5.92 Å². The zero-order valence-corrected chi connectivity index (χ0v) is 13.1. The van der Waals surface area contributed by atoms with E-state index in [1.165, 1.54) is 0 Å². The summed E-state index contributed by atoms with van der Waals surface area (Å²) >= 11 is 0. The van der Waals surface area contributed by atoms with E-state index in [1.54, 1.807) is 25.3 Å². The first-order valence-electron chi connectivity index (χ1n) is 7.39. The van der Waals surface area contributed by atoms with Gasteiger partial charge in [-0.15, -0.1) is 0 Å². The second-order valence-corrected chi connectivity index (χ2v) is 5.92. The molecule has 0 radical (unpaired) electrons. The third-order valence-electron chi connectivity index (χ3n) is 4.04. The van der Waals surface area contributed by atoms with Crippen LogP contribution >= 0.6 is 0 Å². The number of methoxy groups -OCH3 is 1. The first-order valence-corrected chi connectivity index (χ1v) is 7.39. The molecule has 1 aliphatic rings. The number of amides is 1. The van der Waals surface area contributed by atoms with E-state index in [4.69, 9.17) is 10.5 Å². The van der Waals surface area contributed by atoms with E-state index in [9.17, 15) is 4.79 Å².